The monoisotopic (exact) mass is 540 g/mol. The molecule has 208 valence electrons. The van der Waals surface area contributed by atoms with Crippen molar-refractivity contribution in [1.82, 2.24) is 19.5 Å². The van der Waals surface area contributed by atoms with E-state index in [0.717, 1.165) is 5.56 Å². The molecule has 0 aliphatic carbocycles. The highest BCUT2D eigenvalue weighted by Crippen LogP contribution is 2.44. The Balaban J connectivity index is 1.63. The molecule has 0 radical (unpaired) electrons. The first-order chi connectivity index (χ1) is 18.7. The maximum atomic E-state index is 16.5. The topological polar surface area (TPSA) is 129 Å². The number of anilines is 2. The molecule has 1 fully saturated rings. The molecule has 1 aliphatic heterocycles. The van der Waals surface area contributed by atoms with E-state index in [-0.39, 0.29) is 31.0 Å². The number of allylic oxidation sites excluding steroid dienone is 1. The van der Waals surface area contributed by atoms with Crippen LogP contribution in [-0.4, -0.2) is 63.0 Å². The van der Waals surface area contributed by atoms with Crippen molar-refractivity contribution in [2.75, 3.05) is 24.3 Å². The summed E-state index contributed by atoms with van der Waals surface area (Å²) in [5.41, 5.74) is -0.0717. The molecule has 0 amide bonds. The number of esters is 2. The maximum absolute atomic E-state index is 16.5. The normalized spacial score (nSPS) is 22.4. The third-order valence-electron chi connectivity index (χ3n) is 6.45. The summed E-state index contributed by atoms with van der Waals surface area (Å²) in [6.45, 7) is 8.43. The average molecular weight is 541 g/mol. The van der Waals surface area contributed by atoms with Gasteiger partial charge in [0.2, 0.25) is 5.95 Å². The highest BCUT2D eigenvalue weighted by atomic mass is 19.1. The highest BCUT2D eigenvalue weighted by molar-refractivity contribution is 5.84. The van der Waals surface area contributed by atoms with E-state index in [2.05, 4.69) is 32.2 Å². The zero-order valence-corrected chi connectivity index (χ0v) is 22.4. The summed E-state index contributed by atoms with van der Waals surface area (Å²) in [4.78, 5) is 38.0. The largest absolute Gasteiger partial charge is 0.463 e. The second-order valence-electron chi connectivity index (χ2n) is 9.34. The smallest absolute Gasteiger partial charge is 0.310 e. The fourth-order valence-corrected chi connectivity index (χ4v) is 4.31. The molecule has 0 bridgehead atoms. The summed E-state index contributed by atoms with van der Waals surface area (Å²) >= 11 is 0. The molecule has 1 aromatic carbocycles. The van der Waals surface area contributed by atoms with Gasteiger partial charge in [0.25, 0.3) is 0 Å². The van der Waals surface area contributed by atoms with Crippen LogP contribution in [0.25, 0.3) is 11.2 Å². The molecule has 11 nitrogen and oxygen atoms in total. The average Bonchev–Trinajstić information content (AvgIpc) is 3.45. The van der Waals surface area contributed by atoms with Crippen LogP contribution in [0.15, 0.2) is 48.9 Å². The number of rotatable bonds is 11. The van der Waals surface area contributed by atoms with E-state index in [9.17, 15) is 9.59 Å². The van der Waals surface area contributed by atoms with Gasteiger partial charge in [-0.25, -0.2) is 9.37 Å². The Morgan fingerprint density at radius 2 is 1.92 bits per heavy atom. The Bertz CT molecular complexity index is 1350. The van der Waals surface area contributed by atoms with Gasteiger partial charge in [0.15, 0.2) is 35.0 Å². The van der Waals surface area contributed by atoms with Crippen molar-refractivity contribution in [3.8, 4) is 0 Å². The Labute approximate surface area is 225 Å². The van der Waals surface area contributed by atoms with Gasteiger partial charge >= 0.3 is 11.9 Å². The SMILES string of the molecule is C=C(CC)Nc1nc(NC)c2ncn([C@@H]3O[C@H](COC(=O)Cc4ccccc4)[C@@H](OC(=O)CC)[C@@]3(C)F)c2n1. The van der Waals surface area contributed by atoms with Crippen molar-refractivity contribution in [3.05, 3.63) is 54.5 Å². The number of carbonyl (C=O) groups is 2. The summed E-state index contributed by atoms with van der Waals surface area (Å²) in [6.07, 6.45) is -1.58. The third kappa shape index (κ3) is 6.00. The van der Waals surface area contributed by atoms with Crippen LogP contribution in [0.1, 0.15) is 45.4 Å². The van der Waals surface area contributed by atoms with Gasteiger partial charge in [0.1, 0.15) is 12.7 Å². The molecular formula is C27H33FN6O5. The lowest BCUT2D eigenvalue weighted by atomic mass is 9.98. The van der Waals surface area contributed by atoms with Gasteiger partial charge in [-0.3, -0.25) is 14.2 Å². The molecule has 39 heavy (non-hydrogen) atoms. The molecule has 12 heteroatoms. The van der Waals surface area contributed by atoms with Crippen molar-refractivity contribution in [3.63, 3.8) is 0 Å². The number of aromatic nitrogens is 4. The predicted molar refractivity (Wildman–Crippen MR) is 143 cm³/mol. The lowest BCUT2D eigenvalue weighted by Gasteiger charge is -2.27. The van der Waals surface area contributed by atoms with Crippen LogP contribution in [0.5, 0.6) is 0 Å². The van der Waals surface area contributed by atoms with E-state index in [4.69, 9.17) is 14.2 Å². The first-order valence-electron chi connectivity index (χ1n) is 12.8. The molecule has 2 N–H and O–H groups in total. The van der Waals surface area contributed by atoms with E-state index >= 15 is 4.39 Å². The molecule has 2 aromatic heterocycles. The van der Waals surface area contributed by atoms with E-state index in [1.54, 1.807) is 26.1 Å². The zero-order chi connectivity index (χ0) is 28.2. The Kier molecular flexibility index (Phi) is 8.44. The van der Waals surface area contributed by atoms with Crippen LogP contribution >= 0.6 is 0 Å². The second-order valence-corrected chi connectivity index (χ2v) is 9.34. The minimum atomic E-state index is -2.22. The fraction of sp³-hybridized carbons (Fsp3) is 0.444. The number of ether oxygens (including phenoxy) is 3. The Morgan fingerprint density at radius 3 is 2.59 bits per heavy atom. The zero-order valence-electron chi connectivity index (χ0n) is 22.4. The first kappa shape index (κ1) is 28.0. The first-order valence-corrected chi connectivity index (χ1v) is 12.8. The molecule has 4 rings (SSSR count). The number of halogens is 1. The predicted octanol–water partition coefficient (Wildman–Crippen LogP) is 3.94. The number of nitrogens with zero attached hydrogens (tertiary/aromatic N) is 4. The number of hydrogen-bond donors (Lipinski definition) is 2. The van der Waals surface area contributed by atoms with Crippen molar-refractivity contribution < 1.29 is 28.2 Å². The molecule has 0 spiro atoms. The van der Waals surface area contributed by atoms with Gasteiger partial charge in [0, 0.05) is 19.2 Å². The molecule has 3 heterocycles. The van der Waals surface area contributed by atoms with E-state index in [0.29, 0.717) is 23.5 Å². The molecular weight excluding hydrogens is 507 g/mol. The van der Waals surface area contributed by atoms with Crippen molar-refractivity contribution in [1.29, 1.82) is 0 Å². The second kappa shape index (κ2) is 11.8. The van der Waals surface area contributed by atoms with Gasteiger partial charge < -0.3 is 24.8 Å². The molecule has 1 saturated heterocycles. The lowest BCUT2D eigenvalue weighted by molar-refractivity contribution is -0.160. The number of imidazole rings is 1. The number of alkyl halides is 1. The summed E-state index contributed by atoms with van der Waals surface area (Å²) in [5.74, 6) is -0.447. The van der Waals surface area contributed by atoms with Gasteiger partial charge in [-0.15, -0.1) is 0 Å². The number of fused-ring (bicyclic) bond motifs is 1. The summed E-state index contributed by atoms with van der Waals surface area (Å²) in [6, 6.07) is 9.09. The van der Waals surface area contributed by atoms with Crippen LogP contribution in [0.4, 0.5) is 16.2 Å². The van der Waals surface area contributed by atoms with Crippen LogP contribution in [0, 0.1) is 0 Å². The number of benzene rings is 1. The minimum Gasteiger partial charge on any atom is -0.463 e. The highest BCUT2D eigenvalue weighted by Gasteiger charge is 2.58. The lowest BCUT2D eigenvalue weighted by Crippen LogP contribution is -2.44. The van der Waals surface area contributed by atoms with Crippen LogP contribution in [-0.2, 0) is 30.2 Å². The number of nitrogens with one attached hydrogen (secondary N) is 2. The van der Waals surface area contributed by atoms with Crippen LogP contribution in [0.3, 0.4) is 0 Å². The molecule has 0 unspecified atom stereocenters. The van der Waals surface area contributed by atoms with Crippen molar-refractivity contribution >= 4 is 34.9 Å². The molecule has 0 saturated carbocycles. The van der Waals surface area contributed by atoms with Gasteiger partial charge in [-0.05, 0) is 18.9 Å². The fourth-order valence-electron chi connectivity index (χ4n) is 4.31. The van der Waals surface area contributed by atoms with Crippen LogP contribution < -0.4 is 10.6 Å². The van der Waals surface area contributed by atoms with E-state index in [1.165, 1.54) is 17.8 Å². The van der Waals surface area contributed by atoms with Gasteiger partial charge in [0.05, 0.1) is 12.7 Å². The summed E-state index contributed by atoms with van der Waals surface area (Å²) in [5, 5.41) is 6.00. The van der Waals surface area contributed by atoms with Gasteiger partial charge in [-0.1, -0.05) is 50.8 Å². The standard InChI is InChI=1S/C27H33FN6O5/c1-6-16(3)31-26-32-23(29-5)21-24(33-26)34(15-30-21)25-27(4,28)22(39-19(35)7-2)18(38-25)14-37-20(36)13-17-11-9-8-10-12-17/h8-12,15,18,22,25H,3,6-7,13-14H2,1-2,4-5H3,(H2,29,31,32,33)/t18-,22-,25-,27-/m1/s1. The third-order valence-corrected chi connectivity index (χ3v) is 6.45. The van der Waals surface area contributed by atoms with Crippen molar-refractivity contribution in [2.45, 2.75) is 64.1 Å². The Hall–Kier alpha value is -4.06. The number of hydrogen-bond acceptors (Lipinski definition) is 10. The van der Waals surface area contributed by atoms with Crippen LogP contribution in [0.2, 0.25) is 0 Å². The number of carbonyl (C=O) groups excluding carboxylic acids is 2. The molecule has 3 aromatic rings. The van der Waals surface area contributed by atoms with Gasteiger partial charge in [-0.2, -0.15) is 9.97 Å². The quantitative estimate of drug-likeness (QED) is 0.345. The Morgan fingerprint density at radius 1 is 1.18 bits per heavy atom. The maximum Gasteiger partial charge on any atom is 0.310 e. The minimum absolute atomic E-state index is 0.0397. The van der Waals surface area contributed by atoms with E-state index < -0.39 is 36.0 Å². The summed E-state index contributed by atoms with van der Waals surface area (Å²) in [7, 11) is 1.69. The van der Waals surface area contributed by atoms with Crippen molar-refractivity contribution in [2.24, 2.45) is 0 Å². The summed E-state index contributed by atoms with van der Waals surface area (Å²) < 4.78 is 34.9. The van der Waals surface area contributed by atoms with E-state index in [1.807, 2.05) is 25.1 Å². The molecule has 4 atom stereocenters. The molecule has 1 aliphatic rings.